The second-order valence-electron chi connectivity index (χ2n) is 7.55. The topological polar surface area (TPSA) is 110 Å². The molecule has 2 heterocycles. The van der Waals surface area contributed by atoms with E-state index in [0.29, 0.717) is 57.1 Å². The van der Waals surface area contributed by atoms with Crippen molar-refractivity contribution in [2.45, 2.75) is 26.8 Å². The summed E-state index contributed by atoms with van der Waals surface area (Å²) >= 11 is 0. The first-order valence-corrected chi connectivity index (χ1v) is 11.1. The highest BCUT2D eigenvalue weighted by Gasteiger charge is 2.14. The van der Waals surface area contributed by atoms with Crippen LogP contribution in [0.5, 0.6) is 5.88 Å². The van der Waals surface area contributed by atoms with Gasteiger partial charge >= 0.3 is 0 Å². The average Bonchev–Trinajstić information content (AvgIpc) is 2.81. The highest BCUT2D eigenvalue weighted by atomic mass is 16.5. The molecule has 0 unspecified atom stereocenters. The zero-order valence-electron chi connectivity index (χ0n) is 19.0. The van der Waals surface area contributed by atoms with Crippen LogP contribution in [0, 0.1) is 6.92 Å². The Bertz CT molecular complexity index is 911. The minimum Gasteiger partial charge on any atom is -0.476 e. The van der Waals surface area contributed by atoms with E-state index in [1.54, 1.807) is 0 Å². The van der Waals surface area contributed by atoms with Crippen LogP contribution in [0.3, 0.4) is 0 Å². The summed E-state index contributed by atoms with van der Waals surface area (Å²) in [6.07, 6.45) is 0.957. The molecule has 3 N–H and O–H groups in total. The van der Waals surface area contributed by atoms with Crippen LogP contribution in [0.1, 0.15) is 24.5 Å². The number of aromatic nitrogens is 1. The SMILES string of the molecule is CCCN=C(N)NCCOc1cc(N2CCOCC2)cc(N=NCc2cccc(C)c2)n1. The number of aryl methyl sites for hydroxylation is 1. The predicted octanol–water partition coefficient (Wildman–Crippen LogP) is 3.20. The number of nitrogens with one attached hydrogen (secondary N) is 1. The molecule has 172 valence electrons. The second kappa shape index (κ2) is 12.6. The van der Waals surface area contributed by atoms with Crippen molar-refractivity contribution in [2.24, 2.45) is 21.0 Å². The quantitative estimate of drug-likeness (QED) is 0.255. The van der Waals surface area contributed by atoms with Crippen LogP contribution in [0.2, 0.25) is 0 Å². The van der Waals surface area contributed by atoms with E-state index in [-0.39, 0.29) is 0 Å². The number of pyridine rings is 1. The van der Waals surface area contributed by atoms with Crippen LogP contribution in [-0.4, -0.2) is 56.9 Å². The molecule has 9 nitrogen and oxygen atoms in total. The van der Waals surface area contributed by atoms with Crippen molar-refractivity contribution in [1.29, 1.82) is 0 Å². The maximum absolute atomic E-state index is 5.87. The van der Waals surface area contributed by atoms with Gasteiger partial charge in [-0.2, -0.15) is 10.1 Å². The molecule has 1 aliphatic heterocycles. The van der Waals surface area contributed by atoms with E-state index in [4.69, 9.17) is 15.2 Å². The Morgan fingerprint density at radius 1 is 1.25 bits per heavy atom. The Kier molecular flexibility index (Phi) is 9.24. The van der Waals surface area contributed by atoms with E-state index in [1.165, 1.54) is 5.56 Å². The lowest BCUT2D eigenvalue weighted by Gasteiger charge is -2.29. The van der Waals surface area contributed by atoms with Crippen LogP contribution < -0.4 is 20.7 Å². The van der Waals surface area contributed by atoms with Crippen molar-refractivity contribution < 1.29 is 9.47 Å². The van der Waals surface area contributed by atoms with Gasteiger partial charge in [-0.25, -0.2) is 0 Å². The molecule has 1 aliphatic rings. The maximum atomic E-state index is 5.87. The lowest BCUT2D eigenvalue weighted by atomic mass is 10.1. The minimum atomic E-state index is 0.405. The van der Waals surface area contributed by atoms with E-state index in [9.17, 15) is 0 Å². The molecule has 0 radical (unpaired) electrons. The number of guanidine groups is 1. The molecule has 3 rings (SSSR count). The largest absolute Gasteiger partial charge is 0.476 e. The summed E-state index contributed by atoms with van der Waals surface area (Å²) in [4.78, 5) is 11.0. The van der Waals surface area contributed by atoms with Crippen LogP contribution >= 0.6 is 0 Å². The minimum absolute atomic E-state index is 0.405. The second-order valence-corrected chi connectivity index (χ2v) is 7.55. The summed E-state index contributed by atoms with van der Waals surface area (Å²) in [7, 11) is 0. The molecular weight excluding hydrogens is 406 g/mol. The Morgan fingerprint density at radius 3 is 2.88 bits per heavy atom. The molecule has 0 aliphatic carbocycles. The molecule has 32 heavy (non-hydrogen) atoms. The number of hydrogen-bond acceptors (Lipinski definition) is 7. The number of anilines is 1. The molecule has 9 heteroatoms. The summed E-state index contributed by atoms with van der Waals surface area (Å²) in [5.74, 6) is 1.45. The molecule has 0 spiro atoms. The molecular formula is C23H33N7O2. The average molecular weight is 440 g/mol. The number of nitrogens with zero attached hydrogens (tertiary/aromatic N) is 5. The summed E-state index contributed by atoms with van der Waals surface area (Å²) in [6, 6.07) is 12.1. The van der Waals surface area contributed by atoms with Gasteiger partial charge in [-0.1, -0.05) is 36.8 Å². The van der Waals surface area contributed by atoms with Crippen molar-refractivity contribution in [3.63, 3.8) is 0 Å². The van der Waals surface area contributed by atoms with Gasteiger partial charge in [0.05, 0.1) is 26.3 Å². The Morgan fingerprint density at radius 2 is 2.09 bits per heavy atom. The predicted molar refractivity (Wildman–Crippen MR) is 127 cm³/mol. The zero-order valence-corrected chi connectivity index (χ0v) is 19.0. The van der Waals surface area contributed by atoms with Gasteiger partial charge in [0, 0.05) is 37.5 Å². The molecule has 0 amide bonds. The van der Waals surface area contributed by atoms with Crippen LogP contribution in [0.25, 0.3) is 0 Å². The van der Waals surface area contributed by atoms with Gasteiger partial charge in [0.1, 0.15) is 6.61 Å². The van der Waals surface area contributed by atoms with Gasteiger partial charge < -0.3 is 25.4 Å². The van der Waals surface area contributed by atoms with Crippen molar-refractivity contribution in [2.75, 3.05) is 50.9 Å². The maximum Gasteiger partial charge on any atom is 0.217 e. The van der Waals surface area contributed by atoms with Gasteiger partial charge in [-0.05, 0) is 18.9 Å². The third kappa shape index (κ3) is 7.81. The van der Waals surface area contributed by atoms with Crippen LogP contribution in [0.15, 0.2) is 51.6 Å². The highest BCUT2D eigenvalue weighted by molar-refractivity contribution is 5.77. The number of rotatable bonds is 10. The lowest BCUT2D eigenvalue weighted by molar-refractivity contribution is 0.122. The smallest absolute Gasteiger partial charge is 0.217 e. The number of aliphatic imine (C=N–C) groups is 1. The molecule has 1 aromatic carbocycles. The van der Waals surface area contributed by atoms with Crippen molar-refractivity contribution >= 4 is 17.5 Å². The summed E-state index contributed by atoms with van der Waals surface area (Å²) < 4.78 is 11.3. The van der Waals surface area contributed by atoms with Gasteiger partial charge in [0.2, 0.25) is 5.88 Å². The molecule has 1 fully saturated rings. The monoisotopic (exact) mass is 439 g/mol. The fourth-order valence-electron chi connectivity index (χ4n) is 3.23. The first-order valence-electron chi connectivity index (χ1n) is 11.1. The number of nitrogens with two attached hydrogens (primary N) is 1. The van der Waals surface area contributed by atoms with Crippen LogP contribution in [-0.2, 0) is 11.3 Å². The first kappa shape index (κ1) is 23.5. The fourth-order valence-corrected chi connectivity index (χ4v) is 3.23. The van der Waals surface area contributed by atoms with Gasteiger partial charge in [0.15, 0.2) is 11.8 Å². The van der Waals surface area contributed by atoms with Crippen molar-refractivity contribution in [1.82, 2.24) is 10.3 Å². The fraction of sp³-hybridized carbons (Fsp3) is 0.478. The van der Waals surface area contributed by atoms with Crippen molar-refractivity contribution in [3.8, 4) is 5.88 Å². The standard InChI is InChI=1S/C23H33N7O2/c1-3-7-25-23(24)26-8-11-32-22-16-20(30-9-12-31-13-10-30)15-21(28-22)29-27-17-19-6-4-5-18(2)14-19/h4-6,14-16H,3,7-13,17H2,1-2H3,(H3,24,25,26). The van der Waals surface area contributed by atoms with Gasteiger partial charge in [0.25, 0.3) is 0 Å². The van der Waals surface area contributed by atoms with E-state index < -0.39 is 0 Å². The number of benzene rings is 1. The molecule has 2 aromatic rings. The number of morpholine rings is 1. The van der Waals surface area contributed by atoms with Gasteiger partial charge in [-0.15, -0.1) is 5.11 Å². The lowest BCUT2D eigenvalue weighted by Crippen LogP contribution is -2.36. The van der Waals surface area contributed by atoms with Crippen LogP contribution in [0.4, 0.5) is 11.5 Å². The highest BCUT2D eigenvalue weighted by Crippen LogP contribution is 2.26. The molecule has 1 aromatic heterocycles. The molecule has 1 saturated heterocycles. The zero-order chi connectivity index (χ0) is 22.6. The number of azo groups is 1. The van der Waals surface area contributed by atoms with E-state index in [2.05, 4.69) is 56.4 Å². The molecule has 0 bridgehead atoms. The summed E-state index contributed by atoms with van der Waals surface area (Å²) in [5, 5.41) is 11.7. The molecule has 0 saturated carbocycles. The third-order valence-electron chi connectivity index (χ3n) is 4.82. The third-order valence-corrected chi connectivity index (χ3v) is 4.82. The normalized spacial score (nSPS) is 14.7. The number of hydrogen-bond donors (Lipinski definition) is 2. The summed E-state index contributed by atoms with van der Waals surface area (Å²) in [5.41, 5.74) is 9.14. The van der Waals surface area contributed by atoms with E-state index in [0.717, 1.165) is 30.8 Å². The number of ether oxygens (including phenoxy) is 2. The summed E-state index contributed by atoms with van der Waals surface area (Å²) in [6.45, 7) is 9.30. The Labute approximate surface area is 189 Å². The van der Waals surface area contributed by atoms with Gasteiger partial charge in [-0.3, -0.25) is 4.99 Å². The molecule has 0 atom stereocenters. The first-order chi connectivity index (χ1) is 15.6. The van der Waals surface area contributed by atoms with E-state index >= 15 is 0 Å². The Hall–Kier alpha value is -3.20. The van der Waals surface area contributed by atoms with E-state index in [1.807, 2.05) is 24.3 Å². The Balaban J connectivity index is 1.66. The van der Waals surface area contributed by atoms with Crippen molar-refractivity contribution in [3.05, 3.63) is 47.5 Å².